The fourth-order valence-electron chi connectivity index (χ4n) is 4.97. The van der Waals surface area contributed by atoms with Gasteiger partial charge in [-0.05, 0) is 74.0 Å². The van der Waals surface area contributed by atoms with Crippen LogP contribution in [0.15, 0.2) is 76.5 Å². The van der Waals surface area contributed by atoms with Crippen molar-refractivity contribution in [1.29, 1.82) is 0 Å². The number of fused-ring (bicyclic) bond motifs is 1. The summed E-state index contributed by atoms with van der Waals surface area (Å²) < 4.78 is 36.1. The maximum Gasteiger partial charge on any atom is 0.246 e. The molecule has 1 atom stereocenters. The number of rotatable bonds is 8. The Morgan fingerprint density at radius 3 is 2.36 bits per heavy atom. The minimum Gasteiger partial charge on any atom is -0.497 e. The zero-order valence-electron chi connectivity index (χ0n) is 21.8. The Morgan fingerprint density at radius 1 is 1.06 bits per heavy atom. The number of hydrogen-bond donors (Lipinski definition) is 0. The molecule has 0 aliphatic carbocycles. The van der Waals surface area contributed by atoms with Gasteiger partial charge >= 0.3 is 0 Å². The molecule has 3 aromatic rings. The molecule has 192 valence electrons. The van der Waals surface area contributed by atoms with Gasteiger partial charge in [-0.1, -0.05) is 50.1 Å². The van der Waals surface area contributed by atoms with Gasteiger partial charge in [0, 0.05) is 23.7 Å². The van der Waals surface area contributed by atoms with Crippen LogP contribution in [0.4, 0.5) is 11.4 Å². The van der Waals surface area contributed by atoms with Gasteiger partial charge in [-0.15, -0.1) is 11.8 Å². The lowest BCUT2D eigenvalue weighted by atomic mass is 9.92. The lowest BCUT2D eigenvalue weighted by Gasteiger charge is -2.41. The van der Waals surface area contributed by atoms with Crippen molar-refractivity contribution in [2.45, 2.75) is 61.9 Å². The Morgan fingerprint density at radius 2 is 1.75 bits per heavy atom. The van der Waals surface area contributed by atoms with Crippen LogP contribution >= 0.6 is 11.8 Å². The number of anilines is 2. The fourth-order valence-corrected chi connectivity index (χ4v) is 7.63. The molecule has 3 aromatic carbocycles. The van der Waals surface area contributed by atoms with Gasteiger partial charge in [-0.3, -0.25) is 0 Å². The molecule has 1 heterocycles. The summed E-state index contributed by atoms with van der Waals surface area (Å²) >= 11 is 1.65. The molecule has 1 unspecified atom stereocenters. The number of unbranched alkanes of at least 4 members (excludes halogenated alkanes) is 1. The van der Waals surface area contributed by atoms with E-state index in [1.54, 1.807) is 23.2 Å². The summed E-state index contributed by atoms with van der Waals surface area (Å²) in [5.74, 6) is 0.757. The van der Waals surface area contributed by atoms with E-state index in [9.17, 15) is 8.42 Å². The Hall–Kier alpha value is -2.48. The van der Waals surface area contributed by atoms with E-state index in [0.29, 0.717) is 18.0 Å². The summed E-state index contributed by atoms with van der Waals surface area (Å²) in [5, 5.41) is 0. The Kier molecular flexibility index (Phi) is 8.03. The van der Waals surface area contributed by atoms with Crippen molar-refractivity contribution in [3.63, 3.8) is 0 Å². The van der Waals surface area contributed by atoms with E-state index in [-0.39, 0.29) is 0 Å². The summed E-state index contributed by atoms with van der Waals surface area (Å²) in [4.78, 5) is 3.66. The predicted molar refractivity (Wildman–Crippen MR) is 150 cm³/mol. The summed E-state index contributed by atoms with van der Waals surface area (Å²) in [5.41, 5.74) is 3.04. The number of aryl methyl sites for hydroxylation is 1. The van der Waals surface area contributed by atoms with Gasteiger partial charge in [0.15, 0.2) is 0 Å². The number of hydrogen-bond acceptors (Lipinski definition) is 5. The summed E-state index contributed by atoms with van der Waals surface area (Å²) in [6.45, 7) is 7.12. The lowest BCUT2D eigenvalue weighted by Crippen LogP contribution is -2.53. The predicted octanol–water partition coefficient (Wildman–Crippen LogP) is 7.02. The summed E-state index contributed by atoms with van der Waals surface area (Å²) in [7, 11) is -2.17. The minimum atomic E-state index is -3.81. The molecule has 0 amide bonds. The van der Waals surface area contributed by atoms with Crippen LogP contribution < -0.4 is 9.64 Å². The van der Waals surface area contributed by atoms with E-state index in [0.717, 1.165) is 52.4 Å². The van der Waals surface area contributed by atoms with Crippen LogP contribution in [0, 0.1) is 6.92 Å². The van der Waals surface area contributed by atoms with Crippen LogP contribution in [0.25, 0.3) is 0 Å². The van der Waals surface area contributed by atoms with Gasteiger partial charge in [0.2, 0.25) is 10.0 Å². The standard InChI is InChI=1S/C29H36N2O3S2/c1-6-7-17-29(3)21-30(24-11-9-8-10-12-24)26-19-27(35-5)22(2)18-28(26)36(32,33)31(29)20-23-13-15-25(34-4)16-14-23/h8-16,18-19H,6-7,17,20-21H2,1-5H3. The van der Waals surface area contributed by atoms with Gasteiger partial charge in [0.1, 0.15) is 10.6 Å². The van der Waals surface area contributed by atoms with Crippen LogP contribution in [0.1, 0.15) is 44.2 Å². The number of ether oxygens (including phenoxy) is 1. The van der Waals surface area contributed by atoms with Crippen LogP contribution in [0.5, 0.6) is 5.75 Å². The van der Waals surface area contributed by atoms with Crippen LogP contribution in [0.2, 0.25) is 0 Å². The molecule has 5 nitrogen and oxygen atoms in total. The van der Waals surface area contributed by atoms with E-state index in [1.165, 1.54) is 0 Å². The Labute approximate surface area is 220 Å². The molecule has 0 aromatic heterocycles. The molecule has 0 spiro atoms. The topological polar surface area (TPSA) is 49.9 Å². The molecule has 0 saturated carbocycles. The molecule has 1 aliphatic rings. The first-order valence-electron chi connectivity index (χ1n) is 12.4. The molecule has 0 fully saturated rings. The third-order valence-electron chi connectivity index (χ3n) is 7.06. The Bertz CT molecular complexity index is 1290. The number of para-hydroxylation sites is 1. The van der Waals surface area contributed by atoms with Crippen molar-refractivity contribution in [3.05, 3.63) is 77.9 Å². The maximum absolute atomic E-state index is 14.5. The van der Waals surface area contributed by atoms with Crippen molar-refractivity contribution in [1.82, 2.24) is 4.31 Å². The first-order valence-corrected chi connectivity index (χ1v) is 15.1. The summed E-state index contributed by atoms with van der Waals surface area (Å²) in [6, 6.07) is 21.7. The molecule has 1 aliphatic heterocycles. The van der Waals surface area contributed by atoms with Gasteiger partial charge in [0.05, 0.1) is 18.3 Å². The number of benzene rings is 3. The second-order valence-electron chi connectivity index (χ2n) is 9.67. The molecule has 7 heteroatoms. The lowest BCUT2D eigenvalue weighted by molar-refractivity contribution is 0.191. The number of sulfonamides is 1. The van der Waals surface area contributed by atoms with Crippen molar-refractivity contribution < 1.29 is 13.2 Å². The van der Waals surface area contributed by atoms with Gasteiger partial charge < -0.3 is 9.64 Å². The van der Waals surface area contributed by atoms with E-state index < -0.39 is 15.6 Å². The molecular weight excluding hydrogens is 488 g/mol. The van der Waals surface area contributed by atoms with E-state index in [2.05, 4.69) is 36.9 Å². The average Bonchev–Trinajstić information content (AvgIpc) is 2.95. The quantitative estimate of drug-likeness (QED) is 0.297. The molecule has 4 rings (SSSR count). The fraction of sp³-hybridized carbons (Fsp3) is 0.379. The third kappa shape index (κ3) is 5.15. The molecule has 0 N–H and O–H groups in total. The second kappa shape index (κ2) is 10.9. The molecule has 0 bridgehead atoms. The van der Waals surface area contributed by atoms with Gasteiger partial charge in [0.25, 0.3) is 0 Å². The van der Waals surface area contributed by atoms with E-state index >= 15 is 0 Å². The zero-order chi connectivity index (χ0) is 25.9. The van der Waals surface area contributed by atoms with Crippen LogP contribution in [0.3, 0.4) is 0 Å². The largest absolute Gasteiger partial charge is 0.497 e. The average molecular weight is 525 g/mol. The maximum atomic E-state index is 14.5. The van der Waals surface area contributed by atoms with Crippen LogP contribution in [-0.4, -0.2) is 38.2 Å². The molecule has 0 saturated heterocycles. The van der Waals surface area contributed by atoms with E-state index in [1.807, 2.05) is 61.7 Å². The number of nitrogens with zero attached hydrogens (tertiary/aromatic N) is 2. The smallest absolute Gasteiger partial charge is 0.246 e. The SMILES string of the molecule is CCCCC1(C)CN(c2ccccc2)c2cc(SC)c(C)cc2S(=O)(=O)N1Cc1ccc(OC)cc1. The third-order valence-corrected chi connectivity index (χ3v) is 9.97. The molecular formula is C29H36N2O3S2. The zero-order valence-corrected chi connectivity index (χ0v) is 23.5. The Balaban J connectivity index is 1.94. The monoisotopic (exact) mass is 524 g/mol. The minimum absolute atomic E-state index is 0.304. The molecule has 36 heavy (non-hydrogen) atoms. The second-order valence-corrected chi connectivity index (χ2v) is 12.4. The van der Waals surface area contributed by atoms with Crippen LogP contribution in [-0.2, 0) is 16.6 Å². The molecule has 0 radical (unpaired) electrons. The van der Waals surface area contributed by atoms with Gasteiger partial charge in [-0.25, -0.2) is 8.42 Å². The highest BCUT2D eigenvalue weighted by molar-refractivity contribution is 7.98. The highest BCUT2D eigenvalue weighted by Gasteiger charge is 2.46. The highest BCUT2D eigenvalue weighted by atomic mass is 32.2. The number of thioether (sulfide) groups is 1. The van der Waals surface area contributed by atoms with Crippen molar-refractivity contribution in [2.24, 2.45) is 0 Å². The summed E-state index contributed by atoms with van der Waals surface area (Å²) in [6.07, 6.45) is 4.75. The van der Waals surface area contributed by atoms with E-state index in [4.69, 9.17) is 4.74 Å². The highest BCUT2D eigenvalue weighted by Crippen LogP contribution is 2.45. The number of methoxy groups -OCH3 is 1. The van der Waals surface area contributed by atoms with Crippen molar-refractivity contribution >= 4 is 33.2 Å². The van der Waals surface area contributed by atoms with Gasteiger partial charge in [-0.2, -0.15) is 4.31 Å². The normalized spacial score (nSPS) is 19.5. The van der Waals surface area contributed by atoms with Crippen molar-refractivity contribution in [2.75, 3.05) is 24.8 Å². The first kappa shape index (κ1) is 26.6. The van der Waals surface area contributed by atoms with Crippen molar-refractivity contribution in [3.8, 4) is 5.75 Å². The first-order chi connectivity index (χ1) is 17.2.